The van der Waals surface area contributed by atoms with Crippen molar-refractivity contribution in [3.05, 3.63) is 89.0 Å². The standard InChI is InChI=1S/C20H16N4O4/c21-14-6-10-17(11-7-14)23(16-4-2-1-3-5-16)20(26)19(25)22-15-8-12-18(13-9-15)24(27)28/h1-13H,21H2,(H,22,25). The Morgan fingerprint density at radius 2 is 1.43 bits per heavy atom. The van der Waals surface area contributed by atoms with E-state index in [9.17, 15) is 19.7 Å². The molecule has 0 saturated carbocycles. The molecule has 0 aliphatic rings. The van der Waals surface area contributed by atoms with Gasteiger partial charge in [0.1, 0.15) is 0 Å². The van der Waals surface area contributed by atoms with E-state index < -0.39 is 16.7 Å². The number of hydrogen-bond donors (Lipinski definition) is 2. The second-order valence-electron chi connectivity index (χ2n) is 5.83. The Morgan fingerprint density at radius 1 is 0.857 bits per heavy atom. The van der Waals surface area contributed by atoms with E-state index in [0.717, 1.165) is 0 Å². The average molecular weight is 376 g/mol. The quantitative estimate of drug-likeness (QED) is 0.313. The third kappa shape index (κ3) is 4.13. The summed E-state index contributed by atoms with van der Waals surface area (Å²) in [5, 5.41) is 13.2. The molecule has 28 heavy (non-hydrogen) atoms. The molecule has 0 bridgehead atoms. The number of hydrogen-bond acceptors (Lipinski definition) is 5. The molecule has 8 heteroatoms. The second kappa shape index (κ2) is 8.00. The number of carbonyl (C=O) groups is 2. The Kier molecular flexibility index (Phi) is 5.31. The van der Waals surface area contributed by atoms with Gasteiger partial charge < -0.3 is 11.1 Å². The molecule has 0 aromatic heterocycles. The van der Waals surface area contributed by atoms with Crippen LogP contribution in [0.1, 0.15) is 0 Å². The van der Waals surface area contributed by atoms with Crippen molar-refractivity contribution in [1.29, 1.82) is 0 Å². The summed E-state index contributed by atoms with van der Waals surface area (Å²) in [6, 6.07) is 20.5. The van der Waals surface area contributed by atoms with E-state index in [-0.39, 0.29) is 11.4 Å². The number of carbonyl (C=O) groups excluding carboxylic acids is 2. The molecule has 2 amide bonds. The average Bonchev–Trinajstić information content (AvgIpc) is 2.70. The number of nitrogens with one attached hydrogen (secondary N) is 1. The van der Waals surface area contributed by atoms with Gasteiger partial charge >= 0.3 is 11.8 Å². The highest BCUT2D eigenvalue weighted by molar-refractivity contribution is 6.45. The first-order chi connectivity index (χ1) is 13.5. The van der Waals surface area contributed by atoms with Crippen molar-refractivity contribution in [2.24, 2.45) is 0 Å². The number of nitro groups is 1. The third-order valence-corrected chi connectivity index (χ3v) is 3.90. The van der Waals surface area contributed by atoms with E-state index in [1.54, 1.807) is 54.6 Å². The van der Waals surface area contributed by atoms with Crippen LogP contribution in [0.4, 0.5) is 28.4 Å². The molecule has 3 rings (SSSR count). The first-order valence-corrected chi connectivity index (χ1v) is 8.26. The fourth-order valence-corrected chi connectivity index (χ4v) is 2.54. The van der Waals surface area contributed by atoms with Crippen molar-refractivity contribution in [1.82, 2.24) is 0 Å². The number of nitrogen functional groups attached to an aromatic ring is 1. The lowest BCUT2D eigenvalue weighted by molar-refractivity contribution is -0.384. The van der Waals surface area contributed by atoms with Crippen molar-refractivity contribution >= 4 is 40.3 Å². The fourth-order valence-electron chi connectivity index (χ4n) is 2.54. The molecular formula is C20H16N4O4. The normalized spacial score (nSPS) is 10.1. The minimum atomic E-state index is -0.880. The van der Waals surface area contributed by atoms with Crippen LogP contribution in [0.15, 0.2) is 78.9 Å². The molecule has 0 radical (unpaired) electrons. The van der Waals surface area contributed by atoms with E-state index in [4.69, 9.17) is 5.73 Å². The summed E-state index contributed by atoms with van der Waals surface area (Å²) in [6.07, 6.45) is 0. The number of anilines is 4. The number of amides is 2. The zero-order valence-corrected chi connectivity index (χ0v) is 14.6. The molecule has 0 saturated heterocycles. The number of nitro benzene ring substituents is 1. The van der Waals surface area contributed by atoms with E-state index in [2.05, 4.69) is 5.32 Å². The van der Waals surface area contributed by atoms with Crippen LogP contribution in [-0.4, -0.2) is 16.7 Å². The monoisotopic (exact) mass is 376 g/mol. The van der Waals surface area contributed by atoms with Crippen LogP contribution in [0.3, 0.4) is 0 Å². The number of nitrogens with zero attached hydrogens (tertiary/aromatic N) is 2. The molecule has 140 valence electrons. The molecule has 3 aromatic carbocycles. The number of rotatable bonds is 4. The van der Waals surface area contributed by atoms with Gasteiger partial charge in [-0.3, -0.25) is 24.6 Å². The first-order valence-electron chi connectivity index (χ1n) is 8.26. The highest BCUT2D eigenvalue weighted by atomic mass is 16.6. The van der Waals surface area contributed by atoms with Gasteiger partial charge in [-0.05, 0) is 48.5 Å². The molecule has 0 aliphatic heterocycles. The highest BCUT2D eigenvalue weighted by Crippen LogP contribution is 2.26. The zero-order chi connectivity index (χ0) is 20.1. The second-order valence-corrected chi connectivity index (χ2v) is 5.83. The minimum Gasteiger partial charge on any atom is -0.399 e. The summed E-state index contributed by atoms with van der Waals surface area (Å²) >= 11 is 0. The molecule has 0 unspecified atom stereocenters. The maximum Gasteiger partial charge on any atom is 0.321 e. The van der Waals surface area contributed by atoms with Gasteiger partial charge in [-0.25, -0.2) is 0 Å². The maximum atomic E-state index is 12.9. The van der Waals surface area contributed by atoms with Gasteiger partial charge in [0, 0.05) is 34.9 Å². The summed E-state index contributed by atoms with van der Waals surface area (Å²) in [4.78, 5) is 36.8. The molecule has 0 atom stereocenters. The molecular weight excluding hydrogens is 360 g/mol. The topological polar surface area (TPSA) is 119 Å². The minimum absolute atomic E-state index is 0.114. The largest absolute Gasteiger partial charge is 0.399 e. The first kappa shape index (κ1) is 18.6. The fraction of sp³-hybridized carbons (Fsp3) is 0. The molecule has 3 aromatic rings. The number of nitrogens with two attached hydrogens (primary N) is 1. The van der Waals surface area contributed by atoms with Crippen LogP contribution < -0.4 is 16.0 Å². The van der Waals surface area contributed by atoms with Crippen LogP contribution >= 0.6 is 0 Å². The molecule has 0 fully saturated rings. The smallest absolute Gasteiger partial charge is 0.321 e. The Labute approximate surface area is 160 Å². The van der Waals surface area contributed by atoms with E-state index in [1.165, 1.54) is 29.2 Å². The van der Waals surface area contributed by atoms with Crippen molar-refractivity contribution in [3.8, 4) is 0 Å². The van der Waals surface area contributed by atoms with Gasteiger partial charge in [-0.1, -0.05) is 18.2 Å². The van der Waals surface area contributed by atoms with Gasteiger partial charge in [0.25, 0.3) is 5.69 Å². The van der Waals surface area contributed by atoms with Crippen molar-refractivity contribution in [2.45, 2.75) is 0 Å². The molecule has 0 heterocycles. The SMILES string of the molecule is Nc1ccc(N(C(=O)C(=O)Nc2ccc([N+](=O)[O-])cc2)c2ccccc2)cc1. The van der Waals surface area contributed by atoms with Crippen LogP contribution in [0.25, 0.3) is 0 Å². The summed E-state index contributed by atoms with van der Waals surface area (Å²) in [7, 11) is 0. The van der Waals surface area contributed by atoms with Crippen LogP contribution in [0, 0.1) is 10.1 Å². The summed E-state index contributed by atoms with van der Waals surface area (Å²) in [5.41, 5.74) is 7.38. The van der Waals surface area contributed by atoms with Crippen LogP contribution in [-0.2, 0) is 9.59 Å². The summed E-state index contributed by atoms with van der Waals surface area (Å²) in [6.45, 7) is 0. The Bertz CT molecular complexity index is 1000. The zero-order valence-electron chi connectivity index (χ0n) is 14.6. The predicted octanol–water partition coefficient (Wildman–Crippen LogP) is 3.48. The Hall–Kier alpha value is -4.20. The molecule has 8 nitrogen and oxygen atoms in total. The van der Waals surface area contributed by atoms with Crippen LogP contribution in [0.5, 0.6) is 0 Å². The van der Waals surface area contributed by atoms with Crippen molar-refractivity contribution in [3.63, 3.8) is 0 Å². The molecule has 0 spiro atoms. The van der Waals surface area contributed by atoms with Gasteiger partial charge in [-0.15, -0.1) is 0 Å². The van der Waals surface area contributed by atoms with Gasteiger partial charge in [0.2, 0.25) is 0 Å². The lowest BCUT2D eigenvalue weighted by Crippen LogP contribution is -2.36. The highest BCUT2D eigenvalue weighted by Gasteiger charge is 2.25. The Morgan fingerprint density at radius 3 is 2.00 bits per heavy atom. The lowest BCUT2D eigenvalue weighted by atomic mass is 10.2. The van der Waals surface area contributed by atoms with Crippen molar-refractivity contribution in [2.75, 3.05) is 16.0 Å². The summed E-state index contributed by atoms with van der Waals surface area (Å²) in [5.74, 6) is -1.69. The third-order valence-electron chi connectivity index (χ3n) is 3.90. The van der Waals surface area contributed by atoms with E-state index >= 15 is 0 Å². The van der Waals surface area contributed by atoms with E-state index in [0.29, 0.717) is 17.1 Å². The lowest BCUT2D eigenvalue weighted by Gasteiger charge is -2.22. The van der Waals surface area contributed by atoms with Gasteiger partial charge in [0.05, 0.1) is 4.92 Å². The van der Waals surface area contributed by atoms with Gasteiger partial charge in [-0.2, -0.15) is 0 Å². The number of benzene rings is 3. The number of para-hydroxylation sites is 1. The molecule has 3 N–H and O–H groups in total. The number of non-ortho nitro benzene ring substituents is 1. The maximum absolute atomic E-state index is 12.9. The van der Waals surface area contributed by atoms with Crippen LogP contribution in [0.2, 0.25) is 0 Å². The summed E-state index contributed by atoms with van der Waals surface area (Å²) < 4.78 is 0. The van der Waals surface area contributed by atoms with E-state index in [1.807, 2.05) is 0 Å². The Balaban J connectivity index is 1.87. The predicted molar refractivity (Wildman–Crippen MR) is 106 cm³/mol. The molecule has 0 aliphatic carbocycles. The van der Waals surface area contributed by atoms with Gasteiger partial charge in [0.15, 0.2) is 0 Å². The van der Waals surface area contributed by atoms with Crippen molar-refractivity contribution < 1.29 is 14.5 Å².